The second-order valence-corrected chi connectivity index (χ2v) is 7.99. The van der Waals surface area contributed by atoms with Gasteiger partial charge in [0.1, 0.15) is 0 Å². The Morgan fingerprint density at radius 1 is 1.12 bits per heavy atom. The third-order valence-corrected chi connectivity index (χ3v) is 5.53. The number of methoxy groups -OCH3 is 1. The van der Waals surface area contributed by atoms with E-state index in [1.54, 1.807) is 0 Å². The molecule has 3 rings (SSSR count). The van der Waals surface area contributed by atoms with Crippen molar-refractivity contribution in [3.63, 3.8) is 0 Å². The van der Waals surface area contributed by atoms with Crippen LogP contribution >= 0.6 is 0 Å². The predicted octanol–water partition coefficient (Wildman–Crippen LogP) is 4.40. The summed E-state index contributed by atoms with van der Waals surface area (Å²) < 4.78 is 10.8. The average Bonchev–Trinajstić information content (AvgIpc) is 2.82. The van der Waals surface area contributed by atoms with Crippen LogP contribution in [-0.2, 0) is 16.0 Å². The Bertz CT molecular complexity index is 881. The highest BCUT2D eigenvalue weighted by atomic mass is 16.5. The van der Waals surface area contributed by atoms with Crippen molar-refractivity contribution in [2.45, 2.75) is 39.3 Å². The summed E-state index contributed by atoms with van der Waals surface area (Å²) >= 11 is 0. The summed E-state index contributed by atoms with van der Waals surface area (Å²) in [5.41, 5.74) is 4.24. The summed E-state index contributed by atoms with van der Waals surface area (Å²) in [6.45, 7) is 7.10. The van der Waals surface area contributed by atoms with Gasteiger partial charge in [-0.15, -0.1) is 0 Å². The van der Waals surface area contributed by atoms with Crippen LogP contribution in [0.2, 0.25) is 0 Å². The number of hydrogen-bond acceptors (Lipinski definition) is 4. The number of nitrogens with zero attached hydrogens (tertiary/aromatic N) is 1. The monoisotopic (exact) mass is 438 g/mol. The van der Waals surface area contributed by atoms with Crippen molar-refractivity contribution in [3.8, 4) is 0 Å². The zero-order valence-corrected chi connectivity index (χ0v) is 19.2. The van der Waals surface area contributed by atoms with Gasteiger partial charge in [0.05, 0.1) is 19.8 Å². The molecule has 0 bridgehead atoms. The molecule has 1 fully saturated rings. The topological polar surface area (TPSA) is 84.0 Å². The molecule has 3 N–H and O–H groups in total. The number of carbonyl (C=O) groups excluding carboxylic acids is 1. The fraction of sp³-hybridized carbons (Fsp3) is 0.440. The van der Waals surface area contributed by atoms with Crippen LogP contribution in [-0.4, -0.2) is 38.9 Å². The van der Waals surface area contributed by atoms with Gasteiger partial charge >= 0.3 is 6.09 Å². The molecule has 1 saturated heterocycles. The van der Waals surface area contributed by atoms with Gasteiger partial charge in [-0.3, -0.25) is 5.32 Å². The molecule has 1 amide bonds. The van der Waals surface area contributed by atoms with Crippen LogP contribution < -0.4 is 16.0 Å². The van der Waals surface area contributed by atoms with Gasteiger partial charge in [-0.1, -0.05) is 42.0 Å². The molecule has 0 aliphatic carbocycles. The minimum atomic E-state index is -0.481. The van der Waals surface area contributed by atoms with E-state index in [2.05, 4.69) is 58.8 Å². The molecule has 0 spiro atoms. The first kappa shape index (κ1) is 23.6. The van der Waals surface area contributed by atoms with Crippen molar-refractivity contribution in [2.24, 2.45) is 10.9 Å². The molecule has 1 aliphatic rings. The predicted molar refractivity (Wildman–Crippen MR) is 128 cm³/mol. The molecular weight excluding hydrogens is 404 g/mol. The first-order valence-corrected chi connectivity index (χ1v) is 11.2. The highest BCUT2D eigenvalue weighted by Gasteiger charge is 2.27. The van der Waals surface area contributed by atoms with Crippen molar-refractivity contribution < 1.29 is 14.3 Å². The summed E-state index contributed by atoms with van der Waals surface area (Å²) in [5.74, 6) is 1.18. The third-order valence-electron chi connectivity index (χ3n) is 5.53. The second kappa shape index (κ2) is 12.1. The van der Waals surface area contributed by atoms with E-state index >= 15 is 0 Å². The molecule has 0 aromatic heterocycles. The lowest BCUT2D eigenvalue weighted by molar-refractivity contribution is -0.0265. The molecule has 7 nitrogen and oxygen atoms in total. The fourth-order valence-electron chi connectivity index (χ4n) is 3.78. The Morgan fingerprint density at radius 3 is 2.56 bits per heavy atom. The second-order valence-electron chi connectivity index (χ2n) is 7.99. The normalized spacial score (nSPS) is 18.7. The van der Waals surface area contributed by atoms with Gasteiger partial charge in [0.15, 0.2) is 5.96 Å². The largest absolute Gasteiger partial charge is 0.453 e. The zero-order chi connectivity index (χ0) is 22.8. The lowest BCUT2D eigenvalue weighted by atomic mass is 9.89. The van der Waals surface area contributed by atoms with Crippen LogP contribution in [0.25, 0.3) is 0 Å². The Morgan fingerprint density at radius 2 is 1.88 bits per heavy atom. The zero-order valence-electron chi connectivity index (χ0n) is 19.2. The van der Waals surface area contributed by atoms with Gasteiger partial charge in [-0.25, -0.2) is 9.79 Å². The number of aryl methyl sites for hydroxylation is 1. The number of guanidine groups is 1. The van der Waals surface area contributed by atoms with E-state index in [-0.39, 0.29) is 6.10 Å². The van der Waals surface area contributed by atoms with Crippen molar-refractivity contribution in [2.75, 3.05) is 32.1 Å². The molecule has 172 valence electrons. The first-order chi connectivity index (χ1) is 15.6. The third kappa shape index (κ3) is 6.99. The molecule has 2 atom stereocenters. The van der Waals surface area contributed by atoms with Crippen molar-refractivity contribution in [1.29, 1.82) is 0 Å². The number of anilines is 1. The van der Waals surface area contributed by atoms with E-state index in [9.17, 15) is 4.79 Å². The van der Waals surface area contributed by atoms with Gasteiger partial charge < -0.3 is 20.1 Å². The highest BCUT2D eigenvalue weighted by Crippen LogP contribution is 2.33. The van der Waals surface area contributed by atoms with Crippen molar-refractivity contribution >= 4 is 17.7 Å². The molecule has 1 heterocycles. The Kier molecular flexibility index (Phi) is 8.92. The summed E-state index contributed by atoms with van der Waals surface area (Å²) in [6.07, 6.45) is 1.83. The van der Waals surface area contributed by atoms with E-state index in [1.807, 2.05) is 24.3 Å². The number of rotatable bonds is 7. The van der Waals surface area contributed by atoms with Crippen molar-refractivity contribution in [1.82, 2.24) is 10.6 Å². The maximum Gasteiger partial charge on any atom is 0.411 e. The van der Waals surface area contributed by atoms with Crippen molar-refractivity contribution in [3.05, 3.63) is 65.2 Å². The van der Waals surface area contributed by atoms with E-state index in [4.69, 9.17) is 9.73 Å². The maximum absolute atomic E-state index is 11.3. The van der Waals surface area contributed by atoms with E-state index in [0.717, 1.165) is 44.1 Å². The SMILES string of the molecule is CCNC(=NCc1ccc(NC(=O)OC)cc1)NCC1CCCOC1c1ccc(C)cc1. The lowest BCUT2D eigenvalue weighted by Crippen LogP contribution is -2.42. The Labute approximate surface area is 190 Å². The molecule has 0 saturated carbocycles. The van der Waals surface area contributed by atoms with Crippen LogP contribution in [0.5, 0.6) is 0 Å². The number of benzene rings is 2. The Hall–Kier alpha value is -3.06. The lowest BCUT2D eigenvalue weighted by Gasteiger charge is -2.32. The van der Waals surface area contributed by atoms with E-state index in [1.165, 1.54) is 18.2 Å². The number of carbonyl (C=O) groups is 1. The van der Waals surface area contributed by atoms with Crippen LogP contribution in [0.1, 0.15) is 42.6 Å². The van der Waals surface area contributed by atoms with Crippen LogP contribution in [0, 0.1) is 12.8 Å². The molecule has 32 heavy (non-hydrogen) atoms. The summed E-state index contributed by atoms with van der Waals surface area (Å²) in [7, 11) is 1.34. The number of ether oxygens (including phenoxy) is 2. The van der Waals surface area contributed by atoms with Gasteiger partial charge in [0, 0.05) is 31.3 Å². The van der Waals surface area contributed by atoms with Gasteiger partial charge in [-0.05, 0) is 49.9 Å². The minimum Gasteiger partial charge on any atom is -0.453 e. The molecule has 2 unspecified atom stereocenters. The molecule has 0 radical (unpaired) electrons. The molecular formula is C25H34N4O3. The number of hydrogen-bond donors (Lipinski definition) is 3. The Balaban J connectivity index is 1.59. The quantitative estimate of drug-likeness (QED) is 0.441. The summed E-state index contributed by atoms with van der Waals surface area (Å²) in [5, 5.41) is 9.47. The first-order valence-electron chi connectivity index (χ1n) is 11.2. The van der Waals surface area contributed by atoms with Gasteiger partial charge in [0.25, 0.3) is 0 Å². The molecule has 1 aliphatic heterocycles. The standard InChI is InChI=1S/C25H34N4O3/c1-4-26-24(27-16-19-9-13-22(14-10-19)29-25(30)31-3)28-17-21-6-5-15-32-23(21)20-11-7-18(2)8-12-20/h7-14,21,23H,4-6,15-17H2,1-3H3,(H,29,30)(H2,26,27,28). The maximum atomic E-state index is 11.3. The molecule has 2 aromatic carbocycles. The number of nitrogens with one attached hydrogen (secondary N) is 3. The van der Waals surface area contributed by atoms with E-state index in [0.29, 0.717) is 18.2 Å². The minimum absolute atomic E-state index is 0.106. The van der Waals surface area contributed by atoms with Gasteiger partial charge in [-0.2, -0.15) is 0 Å². The fourth-order valence-corrected chi connectivity index (χ4v) is 3.78. The van der Waals surface area contributed by atoms with Crippen LogP contribution in [0.4, 0.5) is 10.5 Å². The molecule has 7 heteroatoms. The van der Waals surface area contributed by atoms with Crippen LogP contribution in [0.3, 0.4) is 0 Å². The van der Waals surface area contributed by atoms with E-state index < -0.39 is 6.09 Å². The number of amides is 1. The highest BCUT2D eigenvalue weighted by molar-refractivity contribution is 5.84. The summed E-state index contributed by atoms with van der Waals surface area (Å²) in [4.78, 5) is 16.0. The van der Waals surface area contributed by atoms with Gasteiger partial charge in [0.2, 0.25) is 0 Å². The number of aliphatic imine (C=N–C) groups is 1. The molecule has 2 aromatic rings. The smallest absolute Gasteiger partial charge is 0.411 e. The average molecular weight is 439 g/mol. The summed E-state index contributed by atoms with van der Waals surface area (Å²) in [6, 6.07) is 16.2. The van der Waals surface area contributed by atoms with Crippen LogP contribution in [0.15, 0.2) is 53.5 Å².